The maximum absolute atomic E-state index is 13.3. The highest BCUT2D eigenvalue weighted by Crippen LogP contribution is 2.44. The van der Waals surface area contributed by atoms with Gasteiger partial charge in [-0.2, -0.15) is 0 Å². The van der Waals surface area contributed by atoms with E-state index >= 15 is 0 Å². The molecule has 0 aliphatic heterocycles. The smallest absolute Gasteiger partial charge is 0.462 e. The van der Waals surface area contributed by atoms with Gasteiger partial charge >= 0.3 is 27.6 Å². The average molecular weight is 1550 g/mol. The Kier molecular flexibility index (Phi) is 76.6. The van der Waals surface area contributed by atoms with Crippen molar-refractivity contribution in [1.82, 2.24) is 21.3 Å². The van der Waals surface area contributed by atoms with Crippen LogP contribution in [0.2, 0.25) is 0 Å². The minimum Gasteiger partial charge on any atom is -0.462 e. The fraction of sp³-hybridized carbons (Fsp3) is 0.952. The summed E-state index contributed by atoms with van der Waals surface area (Å²) in [6, 6.07) is -1.58. The molecule has 0 rings (SSSR count). The molecule has 2 amide bonds. The van der Waals surface area contributed by atoms with Crippen LogP contribution in [0.1, 0.15) is 414 Å². The molecule has 0 saturated heterocycles. The van der Waals surface area contributed by atoms with Gasteiger partial charge in [0.25, 0.3) is 0 Å². The van der Waals surface area contributed by atoms with Crippen molar-refractivity contribution in [2.45, 2.75) is 445 Å². The van der Waals surface area contributed by atoms with Gasteiger partial charge in [0, 0.05) is 51.6 Å². The minimum atomic E-state index is -4.67. The van der Waals surface area contributed by atoms with E-state index in [4.69, 9.17) is 37.0 Å². The van der Waals surface area contributed by atoms with Crippen LogP contribution in [0, 0.1) is 0 Å². The fourth-order valence-corrected chi connectivity index (χ4v) is 14.5. The lowest BCUT2D eigenvalue weighted by Gasteiger charge is -2.22. The third kappa shape index (κ3) is 74.6. The first-order valence-electron chi connectivity index (χ1n) is 44.0. The summed E-state index contributed by atoms with van der Waals surface area (Å²) in [6.45, 7) is 12.0. The molecular formula is C83H166N4O17P2. The molecule has 7 atom stereocenters. The van der Waals surface area contributed by atoms with Crippen LogP contribution >= 0.6 is 15.6 Å². The lowest BCUT2D eigenvalue weighted by Crippen LogP contribution is -2.44. The molecule has 630 valence electrons. The number of hydrogen-bond acceptors (Lipinski definition) is 17. The number of carbonyl (C=O) groups is 4. The predicted octanol–water partition coefficient (Wildman–Crippen LogP) is 21.3. The van der Waals surface area contributed by atoms with Gasteiger partial charge in [0.15, 0.2) is 6.35 Å². The van der Waals surface area contributed by atoms with E-state index in [0.717, 1.165) is 154 Å². The number of unbranched alkanes of at least 4 members (excludes halogenated alkanes) is 44. The summed E-state index contributed by atoms with van der Waals surface area (Å²) >= 11 is 0. The summed E-state index contributed by atoms with van der Waals surface area (Å²) < 4.78 is 71.9. The number of phosphoric acid groups is 2. The predicted molar refractivity (Wildman–Crippen MR) is 433 cm³/mol. The quantitative estimate of drug-likeness (QED) is 0.0129. The lowest BCUT2D eigenvalue weighted by atomic mass is 10.1. The number of hydrogen-bond donors (Lipinski definition) is 7. The zero-order chi connectivity index (χ0) is 77.8. The highest BCUT2D eigenvalue weighted by molar-refractivity contribution is 7.47. The molecule has 0 spiro atoms. The largest absolute Gasteiger partial charge is 0.472 e. The molecule has 0 aliphatic carbocycles. The van der Waals surface area contributed by atoms with Crippen molar-refractivity contribution >= 4 is 39.4 Å². The topological polar surface area (TPSA) is 285 Å². The second kappa shape index (κ2) is 78.2. The van der Waals surface area contributed by atoms with Gasteiger partial charge in [-0.25, -0.2) is 9.13 Å². The SMILES string of the molecule is CCCCCCCCCCCCCC(=O)N[C@H](COCC[C@@H](CCCCCCC)OC(=O)CCCCCCCCCCC)COP(=O)(O)OCCNC(O)NCCOP(=O)(O)OC[C@H](COCC[C@@H](CCCCCCC)OC(=O)CCCCCCCCCCC)NC(=O)CCCCCCCCCCCCC. The molecule has 0 aromatic heterocycles. The maximum Gasteiger partial charge on any atom is 0.472 e. The zero-order valence-corrected chi connectivity index (χ0v) is 70.7. The van der Waals surface area contributed by atoms with Crippen LogP contribution in [0.15, 0.2) is 0 Å². The first-order chi connectivity index (χ1) is 51.5. The van der Waals surface area contributed by atoms with Crippen LogP contribution in [-0.2, 0) is 65.4 Å². The van der Waals surface area contributed by atoms with Crippen LogP contribution in [0.5, 0.6) is 0 Å². The second-order valence-corrected chi connectivity index (χ2v) is 33.0. The summed E-state index contributed by atoms with van der Waals surface area (Å²) in [5.41, 5.74) is 0. The van der Waals surface area contributed by atoms with E-state index in [9.17, 15) is 43.2 Å². The first kappa shape index (κ1) is 104. The summed E-state index contributed by atoms with van der Waals surface area (Å²) in [7, 11) is -9.35. The Balaban J connectivity index is 5.56. The molecule has 0 radical (unpaired) electrons. The van der Waals surface area contributed by atoms with Crippen molar-refractivity contribution in [2.75, 3.05) is 65.9 Å². The normalized spacial score (nSPS) is 14.3. The number of esters is 2. The Hall–Kier alpha value is -2.10. The zero-order valence-electron chi connectivity index (χ0n) is 68.9. The number of ether oxygens (including phenoxy) is 4. The monoisotopic (exact) mass is 1550 g/mol. The van der Waals surface area contributed by atoms with Crippen molar-refractivity contribution in [3.8, 4) is 0 Å². The number of carbonyl (C=O) groups excluding carboxylic acids is 4. The number of nitrogens with one attached hydrogen (secondary N) is 4. The molecule has 7 N–H and O–H groups in total. The van der Waals surface area contributed by atoms with Crippen LogP contribution in [-0.4, -0.2) is 135 Å². The molecular weight excluding hydrogens is 1390 g/mol. The highest BCUT2D eigenvalue weighted by Gasteiger charge is 2.27. The van der Waals surface area contributed by atoms with Crippen LogP contribution in [0.3, 0.4) is 0 Å². The van der Waals surface area contributed by atoms with Crippen LogP contribution < -0.4 is 21.3 Å². The molecule has 0 aromatic carbocycles. The summed E-state index contributed by atoms with van der Waals surface area (Å²) in [6.07, 6.45) is 58.8. The Labute approximate surface area is 648 Å². The van der Waals surface area contributed by atoms with Crippen molar-refractivity contribution in [2.24, 2.45) is 0 Å². The Bertz CT molecular complexity index is 1920. The summed E-state index contributed by atoms with van der Waals surface area (Å²) in [5.74, 6) is -0.817. The first-order valence-corrected chi connectivity index (χ1v) is 47.0. The highest BCUT2D eigenvalue weighted by atomic mass is 31.2. The standard InChI is InChI=1S/C83H166N4O17P2/c1-7-13-19-25-29-33-35-39-41-47-53-59-79(88)86-75(71-97-67-63-77(57-51-45-23-17-11-5)103-81(90)61-55-49-43-37-31-27-21-15-9-3)73-101-105(93,94)99-69-65-84-83(92)85-66-70-100-106(95,96)102-74-76(87-80(89)60-54-48-42-40-36-34-30-26-20-14-8-2)72-98-68-64-78(58-52-46-24-18-12-6)104-82(91)62-56-50-44-38-32-28-22-16-10-4/h75-78,83-85,92H,7-74H2,1-6H3,(H,86,88)(H,87,89)(H,93,94)(H,95,96)/t75-,76+,77-,78-,83?/m1/s1. The van der Waals surface area contributed by atoms with Crippen molar-refractivity contribution in [1.29, 1.82) is 0 Å². The van der Waals surface area contributed by atoms with Gasteiger partial charge in [-0.3, -0.25) is 47.9 Å². The minimum absolute atomic E-state index is 0.0186. The number of amides is 2. The van der Waals surface area contributed by atoms with E-state index in [1.54, 1.807) is 0 Å². The molecule has 0 bridgehead atoms. The number of aliphatic hydroxyl groups excluding tert-OH is 1. The van der Waals surface area contributed by atoms with Gasteiger partial charge in [-0.05, 0) is 51.4 Å². The fourth-order valence-electron chi connectivity index (χ4n) is 13.0. The number of rotatable bonds is 86. The van der Waals surface area contributed by atoms with Gasteiger partial charge < -0.3 is 44.5 Å². The second-order valence-electron chi connectivity index (χ2n) is 30.1. The third-order valence-electron chi connectivity index (χ3n) is 19.6. The van der Waals surface area contributed by atoms with E-state index in [2.05, 4.69) is 62.8 Å². The lowest BCUT2D eigenvalue weighted by molar-refractivity contribution is -0.151. The van der Waals surface area contributed by atoms with E-state index in [1.807, 2.05) is 0 Å². The summed E-state index contributed by atoms with van der Waals surface area (Å²) in [4.78, 5) is 74.2. The van der Waals surface area contributed by atoms with E-state index in [-0.39, 0.29) is 115 Å². The molecule has 3 unspecified atom stereocenters. The Morgan fingerprint density at radius 3 is 0.821 bits per heavy atom. The van der Waals surface area contributed by atoms with E-state index in [1.165, 1.54) is 167 Å². The maximum atomic E-state index is 13.3. The summed E-state index contributed by atoms with van der Waals surface area (Å²) in [5, 5.41) is 21.9. The molecule has 23 heteroatoms. The van der Waals surface area contributed by atoms with Crippen LogP contribution in [0.4, 0.5) is 0 Å². The Morgan fingerprint density at radius 2 is 0.547 bits per heavy atom. The van der Waals surface area contributed by atoms with E-state index in [0.29, 0.717) is 38.5 Å². The van der Waals surface area contributed by atoms with Crippen molar-refractivity contribution < 1.29 is 80.2 Å². The molecule has 0 aromatic rings. The number of aliphatic hydroxyl groups is 1. The Morgan fingerprint density at radius 1 is 0.302 bits per heavy atom. The van der Waals surface area contributed by atoms with Gasteiger partial charge in [0.2, 0.25) is 11.8 Å². The van der Waals surface area contributed by atoms with Gasteiger partial charge in [-0.1, -0.05) is 324 Å². The van der Waals surface area contributed by atoms with Crippen molar-refractivity contribution in [3.05, 3.63) is 0 Å². The van der Waals surface area contributed by atoms with Gasteiger partial charge in [0.1, 0.15) is 12.2 Å². The average Bonchev–Trinajstić information content (AvgIpc) is 0.919. The molecule has 106 heavy (non-hydrogen) atoms. The molecule has 0 saturated carbocycles. The molecule has 21 nitrogen and oxygen atoms in total. The molecule has 0 aliphatic rings. The molecule has 0 heterocycles. The van der Waals surface area contributed by atoms with Crippen molar-refractivity contribution in [3.63, 3.8) is 0 Å². The van der Waals surface area contributed by atoms with E-state index < -0.39 is 34.1 Å². The van der Waals surface area contributed by atoms with Gasteiger partial charge in [0.05, 0.1) is 64.9 Å². The van der Waals surface area contributed by atoms with Crippen LogP contribution in [0.25, 0.3) is 0 Å². The molecule has 0 fully saturated rings. The number of phosphoric ester groups is 2. The van der Waals surface area contributed by atoms with Gasteiger partial charge in [-0.15, -0.1) is 0 Å². The third-order valence-corrected chi connectivity index (χ3v) is 21.6.